The first kappa shape index (κ1) is 25.6. The van der Waals surface area contributed by atoms with Crippen LogP contribution in [0.1, 0.15) is 50.5 Å². The Bertz CT molecular complexity index is 739. The van der Waals surface area contributed by atoms with Crippen molar-refractivity contribution in [3.63, 3.8) is 0 Å². The maximum Gasteiger partial charge on any atom is 0.411 e. The number of benzene rings is 1. The molecule has 1 amide bonds. The molecule has 2 aliphatic heterocycles. The Morgan fingerprint density at radius 2 is 1.79 bits per heavy atom. The van der Waals surface area contributed by atoms with Crippen molar-refractivity contribution in [2.75, 3.05) is 46.1 Å². The lowest BCUT2D eigenvalue weighted by Gasteiger charge is -2.25. The molecular formula is C24H35F3N2O4. The van der Waals surface area contributed by atoms with Gasteiger partial charge in [-0.05, 0) is 62.9 Å². The Labute approximate surface area is 193 Å². The lowest BCUT2D eigenvalue weighted by molar-refractivity contribution is -0.174. The fourth-order valence-electron chi connectivity index (χ4n) is 4.27. The molecule has 0 saturated carbocycles. The van der Waals surface area contributed by atoms with Crippen molar-refractivity contribution in [3.05, 3.63) is 23.8 Å². The molecule has 33 heavy (non-hydrogen) atoms. The van der Waals surface area contributed by atoms with Crippen LogP contribution in [0.15, 0.2) is 18.2 Å². The van der Waals surface area contributed by atoms with Crippen LogP contribution in [0.4, 0.5) is 13.2 Å². The molecule has 1 aromatic rings. The van der Waals surface area contributed by atoms with Crippen molar-refractivity contribution in [3.8, 4) is 11.5 Å². The smallest absolute Gasteiger partial charge is 0.411 e. The number of amides is 1. The second-order valence-corrected chi connectivity index (χ2v) is 8.79. The van der Waals surface area contributed by atoms with Gasteiger partial charge in [0.15, 0.2) is 11.5 Å². The second-order valence-electron chi connectivity index (χ2n) is 8.79. The minimum atomic E-state index is -4.27. The van der Waals surface area contributed by atoms with Crippen LogP contribution in [-0.4, -0.2) is 69.1 Å². The van der Waals surface area contributed by atoms with Gasteiger partial charge in [0.25, 0.3) is 0 Å². The van der Waals surface area contributed by atoms with E-state index in [0.29, 0.717) is 32.5 Å². The molecule has 0 spiro atoms. The Hall–Kier alpha value is -2.00. The summed E-state index contributed by atoms with van der Waals surface area (Å²) >= 11 is 0. The van der Waals surface area contributed by atoms with E-state index in [1.54, 1.807) is 0 Å². The Balaban J connectivity index is 1.40. The fourth-order valence-corrected chi connectivity index (χ4v) is 4.27. The van der Waals surface area contributed by atoms with Gasteiger partial charge < -0.3 is 24.4 Å². The molecule has 0 bridgehead atoms. The molecule has 0 aromatic heterocycles. The number of alkyl halides is 3. The van der Waals surface area contributed by atoms with Gasteiger partial charge in [-0.3, -0.25) is 4.79 Å². The molecule has 1 fully saturated rings. The molecule has 1 N–H and O–H groups in total. The van der Waals surface area contributed by atoms with E-state index in [1.165, 1.54) is 12.8 Å². The number of carbonyl (C=O) groups excluding carboxylic acids is 1. The predicted molar refractivity (Wildman–Crippen MR) is 119 cm³/mol. The van der Waals surface area contributed by atoms with Crippen molar-refractivity contribution in [2.45, 2.75) is 63.6 Å². The number of nitrogens with one attached hydrogen (secondary N) is 1. The number of nitrogens with zero attached hydrogens (tertiary/aromatic N) is 1. The van der Waals surface area contributed by atoms with Crippen LogP contribution in [0.2, 0.25) is 0 Å². The first-order valence-electron chi connectivity index (χ1n) is 11.9. The largest absolute Gasteiger partial charge is 0.486 e. The van der Waals surface area contributed by atoms with Crippen LogP contribution in [0.25, 0.3) is 0 Å². The van der Waals surface area contributed by atoms with Gasteiger partial charge in [-0.1, -0.05) is 18.9 Å². The van der Waals surface area contributed by atoms with Gasteiger partial charge in [0, 0.05) is 25.6 Å². The topological polar surface area (TPSA) is 60.0 Å². The summed E-state index contributed by atoms with van der Waals surface area (Å²) in [5.74, 6) is 1.53. The summed E-state index contributed by atoms with van der Waals surface area (Å²) < 4.78 is 52.0. The third-order valence-corrected chi connectivity index (χ3v) is 5.84. The summed E-state index contributed by atoms with van der Waals surface area (Å²) in [6.07, 6.45) is 2.07. The first-order valence-corrected chi connectivity index (χ1v) is 11.9. The normalized spacial score (nSPS) is 17.2. The average Bonchev–Trinajstić information content (AvgIpc) is 3.27. The molecule has 0 unspecified atom stereocenters. The summed E-state index contributed by atoms with van der Waals surface area (Å²) in [5, 5.41) is 3.20. The molecule has 1 atom stereocenters. The van der Waals surface area contributed by atoms with E-state index in [-0.39, 0.29) is 18.6 Å². The Kier molecular flexibility index (Phi) is 10.1. The number of fused-ring (bicyclic) bond motifs is 1. The highest BCUT2D eigenvalue weighted by molar-refractivity contribution is 5.76. The molecule has 2 heterocycles. The molecule has 1 saturated heterocycles. The van der Waals surface area contributed by atoms with E-state index in [2.05, 4.69) is 15.0 Å². The van der Waals surface area contributed by atoms with E-state index in [1.807, 2.05) is 18.2 Å². The highest BCUT2D eigenvalue weighted by Crippen LogP contribution is 2.31. The number of halogens is 3. The third-order valence-electron chi connectivity index (χ3n) is 5.84. The molecule has 0 aliphatic carbocycles. The van der Waals surface area contributed by atoms with Gasteiger partial charge in [-0.15, -0.1) is 0 Å². The number of hydrogen-bond donors (Lipinski definition) is 1. The van der Waals surface area contributed by atoms with Crippen LogP contribution in [-0.2, 0) is 16.0 Å². The van der Waals surface area contributed by atoms with E-state index in [9.17, 15) is 18.0 Å². The van der Waals surface area contributed by atoms with Crippen molar-refractivity contribution in [1.29, 1.82) is 0 Å². The standard InChI is InChI=1S/C24H35F3N2O4/c25-24(26,27)18-31-12-6-2-1-3-7-23(30)28-20(17-29-10-4-5-11-29)15-19-8-9-21-22(16-19)33-14-13-32-21/h8-9,16,20H,1-7,10-15,17-18H2,(H,28,30)/t20-/m0/s1. The van der Waals surface area contributed by atoms with E-state index < -0.39 is 12.8 Å². The van der Waals surface area contributed by atoms with Gasteiger partial charge in [-0.25, -0.2) is 0 Å². The molecule has 0 radical (unpaired) electrons. The van der Waals surface area contributed by atoms with E-state index >= 15 is 0 Å². The predicted octanol–water partition coefficient (Wildman–Crippen LogP) is 4.11. The highest BCUT2D eigenvalue weighted by Gasteiger charge is 2.27. The second kappa shape index (κ2) is 13.0. The number of hydrogen-bond acceptors (Lipinski definition) is 5. The van der Waals surface area contributed by atoms with E-state index in [4.69, 9.17) is 9.47 Å². The molecule has 9 heteroatoms. The fraction of sp³-hybridized carbons (Fsp3) is 0.708. The molecule has 3 rings (SSSR count). The van der Waals surface area contributed by atoms with Gasteiger partial charge in [-0.2, -0.15) is 13.2 Å². The molecule has 186 valence electrons. The summed E-state index contributed by atoms with van der Waals surface area (Å²) in [6.45, 7) is 2.93. The lowest BCUT2D eigenvalue weighted by Crippen LogP contribution is -2.44. The summed E-state index contributed by atoms with van der Waals surface area (Å²) in [5.41, 5.74) is 1.10. The number of carbonyl (C=O) groups is 1. The van der Waals surface area contributed by atoms with Crippen LogP contribution < -0.4 is 14.8 Å². The maximum atomic E-state index is 12.6. The Morgan fingerprint density at radius 1 is 1.06 bits per heavy atom. The van der Waals surface area contributed by atoms with Crippen LogP contribution in [0, 0.1) is 0 Å². The third kappa shape index (κ3) is 9.80. The molecule has 2 aliphatic rings. The number of ether oxygens (including phenoxy) is 3. The van der Waals surface area contributed by atoms with Crippen molar-refractivity contribution < 1.29 is 32.2 Å². The minimum absolute atomic E-state index is 0.00827. The number of rotatable bonds is 13. The van der Waals surface area contributed by atoms with Crippen LogP contribution in [0.3, 0.4) is 0 Å². The summed E-state index contributed by atoms with van der Waals surface area (Å²) in [4.78, 5) is 15.0. The zero-order valence-electron chi connectivity index (χ0n) is 19.1. The molecular weight excluding hydrogens is 437 g/mol. The van der Waals surface area contributed by atoms with Gasteiger partial charge in [0.05, 0.1) is 0 Å². The monoisotopic (exact) mass is 472 g/mol. The highest BCUT2D eigenvalue weighted by atomic mass is 19.4. The molecule has 1 aromatic carbocycles. The first-order chi connectivity index (χ1) is 15.9. The zero-order chi connectivity index (χ0) is 23.5. The maximum absolute atomic E-state index is 12.6. The van der Waals surface area contributed by atoms with Gasteiger partial charge >= 0.3 is 6.18 Å². The average molecular weight is 473 g/mol. The lowest BCUT2D eigenvalue weighted by atomic mass is 10.0. The van der Waals surface area contributed by atoms with Crippen molar-refractivity contribution in [1.82, 2.24) is 10.2 Å². The SMILES string of the molecule is O=C(CCCCCCOCC(F)(F)F)N[C@@H](Cc1ccc2c(c1)OCCO2)CN1CCCC1. The number of likely N-dealkylation sites (tertiary alicyclic amines) is 1. The van der Waals surface area contributed by atoms with Crippen molar-refractivity contribution >= 4 is 5.91 Å². The summed E-state index contributed by atoms with van der Waals surface area (Å²) in [7, 11) is 0. The minimum Gasteiger partial charge on any atom is -0.486 e. The zero-order valence-corrected chi connectivity index (χ0v) is 19.1. The van der Waals surface area contributed by atoms with Crippen LogP contribution >= 0.6 is 0 Å². The van der Waals surface area contributed by atoms with Crippen molar-refractivity contribution in [2.24, 2.45) is 0 Å². The number of unbranched alkanes of at least 4 members (excludes halogenated alkanes) is 3. The molecule has 6 nitrogen and oxygen atoms in total. The Morgan fingerprint density at radius 3 is 2.55 bits per heavy atom. The summed E-state index contributed by atoms with van der Waals surface area (Å²) in [6, 6.07) is 5.96. The van der Waals surface area contributed by atoms with Gasteiger partial charge in [0.1, 0.15) is 19.8 Å². The quantitative estimate of drug-likeness (QED) is 0.438. The van der Waals surface area contributed by atoms with Gasteiger partial charge in [0.2, 0.25) is 5.91 Å². The van der Waals surface area contributed by atoms with E-state index in [0.717, 1.165) is 56.0 Å². The van der Waals surface area contributed by atoms with Crippen LogP contribution in [0.5, 0.6) is 11.5 Å².